The van der Waals surface area contributed by atoms with Crippen LogP contribution in [-0.4, -0.2) is 27.7 Å². The van der Waals surface area contributed by atoms with E-state index >= 15 is 0 Å². The zero-order chi connectivity index (χ0) is 13.1. The first-order valence-corrected chi connectivity index (χ1v) is 5.60. The second-order valence-electron chi connectivity index (χ2n) is 3.62. The van der Waals surface area contributed by atoms with Crippen molar-refractivity contribution in [3.63, 3.8) is 0 Å². The van der Waals surface area contributed by atoms with Crippen LogP contribution < -0.4 is 10.5 Å². The summed E-state index contributed by atoms with van der Waals surface area (Å²) in [6.07, 6.45) is 0. The summed E-state index contributed by atoms with van der Waals surface area (Å²) in [6, 6.07) is 6.85. The van der Waals surface area contributed by atoms with Crippen molar-refractivity contribution >= 4 is 23.9 Å². The van der Waals surface area contributed by atoms with Crippen LogP contribution in [0.5, 0.6) is 5.75 Å². The summed E-state index contributed by atoms with van der Waals surface area (Å²) >= 11 is 4.83. The van der Waals surface area contributed by atoms with Crippen LogP contribution in [-0.2, 0) is 6.54 Å². The zero-order valence-electron chi connectivity index (χ0n) is 9.71. The number of ether oxygens (including phenoxy) is 1. The Bertz CT molecular complexity index is 615. The fourth-order valence-corrected chi connectivity index (χ4v) is 1.70. The Balaban J connectivity index is 2.16. The lowest BCUT2D eigenvalue weighted by molar-refractivity contribution is 0.0968. The SMILES string of the molecule is COc1ccc(C(=O)Cn2[nH]c(=S)nc2N)cc1. The molecule has 0 aliphatic carbocycles. The van der Waals surface area contributed by atoms with Crippen molar-refractivity contribution in [3.05, 3.63) is 34.6 Å². The van der Waals surface area contributed by atoms with Gasteiger partial charge in [0.1, 0.15) is 12.3 Å². The van der Waals surface area contributed by atoms with Crippen LogP contribution in [0.3, 0.4) is 0 Å². The van der Waals surface area contributed by atoms with E-state index in [1.54, 1.807) is 31.4 Å². The lowest BCUT2D eigenvalue weighted by Gasteiger charge is -2.04. The maximum atomic E-state index is 12.0. The molecule has 0 aliphatic heterocycles. The topological polar surface area (TPSA) is 85.9 Å². The number of aromatic nitrogens is 3. The molecule has 3 N–H and O–H groups in total. The van der Waals surface area contributed by atoms with Crippen molar-refractivity contribution in [2.45, 2.75) is 6.54 Å². The highest BCUT2D eigenvalue weighted by Crippen LogP contribution is 2.12. The molecule has 0 spiro atoms. The van der Waals surface area contributed by atoms with Crippen LogP contribution in [0.25, 0.3) is 0 Å². The Hall–Kier alpha value is -2.15. The molecule has 0 atom stereocenters. The van der Waals surface area contributed by atoms with Gasteiger partial charge in [-0.3, -0.25) is 9.89 Å². The summed E-state index contributed by atoms with van der Waals surface area (Å²) in [4.78, 5) is 15.8. The molecule has 6 nitrogen and oxygen atoms in total. The smallest absolute Gasteiger partial charge is 0.218 e. The van der Waals surface area contributed by atoms with E-state index in [9.17, 15) is 4.79 Å². The summed E-state index contributed by atoms with van der Waals surface area (Å²) in [7, 11) is 1.57. The van der Waals surface area contributed by atoms with Gasteiger partial charge in [-0.1, -0.05) is 0 Å². The molecule has 0 saturated heterocycles. The van der Waals surface area contributed by atoms with Gasteiger partial charge in [-0.15, -0.1) is 0 Å². The van der Waals surface area contributed by atoms with E-state index in [1.165, 1.54) is 4.68 Å². The Kier molecular flexibility index (Phi) is 3.42. The van der Waals surface area contributed by atoms with Gasteiger partial charge < -0.3 is 10.5 Å². The van der Waals surface area contributed by atoms with Crippen molar-refractivity contribution in [2.75, 3.05) is 12.8 Å². The zero-order valence-corrected chi connectivity index (χ0v) is 10.5. The Labute approximate surface area is 108 Å². The van der Waals surface area contributed by atoms with Gasteiger partial charge in [0, 0.05) is 5.56 Å². The number of hydrogen-bond donors (Lipinski definition) is 2. The van der Waals surface area contributed by atoms with Gasteiger partial charge in [0.25, 0.3) is 0 Å². The maximum Gasteiger partial charge on any atom is 0.218 e. The predicted octanol–water partition coefficient (Wildman–Crippen LogP) is 1.41. The maximum absolute atomic E-state index is 12.0. The molecule has 94 valence electrons. The van der Waals surface area contributed by atoms with E-state index in [0.29, 0.717) is 11.3 Å². The number of aromatic amines is 1. The molecule has 1 heterocycles. The van der Waals surface area contributed by atoms with E-state index in [4.69, 9.17) is 22.7 Å². The number of benzene rings is 1. The van der Waals surface area contributed by atoms with Gasteiger partial charge in [0.05, 0.1) is 7.11 Å². The molecule has 1 aromatic heterocycles. The first kappa shape index (κ1) is 12.3. The van der Waals surface area contributed by atoms with Crippen LogP contribution in [0.4, 0.5) is 5.95 Å². The lowest BCUT2D eigenvalue weighted by Crippen LogP contribution is -2.14. The predicted molar refractivity (Wildman–Crippen MR) is 69.1 cm³/mol. The number of carbonyl (C=O) groups excluding carboxylic acids is 1. The average Bonchev–Trinajstić information content (AvgIpc) is 2.68. The lowest BCUT2D eigenvalue weighted by atomic mass is 10.1. The third-order valence-corrected chi connectivity index (χ3v) is 2.62. The molecule has 7 heteroatoms. The number of nitrogens with one attached hydrogen (secondary N) is 1. The summed E-state index contributed by atoms with van der Waals surface area (Å²) in [5, 5.41) is 2.72. The van der Waals surface area contributed by atoms with Gasteiger partial charge in [-0.05, 0) is 36.5 Å². The van der Waals surface area contributed by atoms with E-state index in [0.717, 1.165) is 0 Å². The molecule has 0 unspecified atom stereocenters. The molecule has 1 aromatic carbocycles. The number of H-pyrrole nitrogens is 1. The summed E-state index contributed by atoms with van der Waals surface area (Å²) in [5.74, 6) is 0.808. The second kappa shape index (κ2) is 5.01. The van der Waals surface area contributed by atoms with Gasteiger partial charge >= 0.3 is 0 Å². The molecular weight excluding hydrogens is 252 g/mol. The van der Waals surface area contributed by atoms with Crippen LogP contribution in [0.2, 0.25) is 0 Å². The van der Waals surface area contributed by atoms with Crippen LogP contribution in [0, 0.1) is 4.77 Å². The number of nitrogens with two attached hydrogens (primary N) is 1. The van der Waals surface area contributed by atoms with Crippen LogP contribution in [0.1, 0.15) is 10.4 Å². The summed E-state index contributed by atoms with van der Waals surface area (Å²) in [5.41, 5.74) is 6.17. The monoisotopic (exact) mass is 264 g/mol. The van der Waals surface area contributed by atoms with Crippen LogP contribution in [0.15, 0.2) is 24.3 Å². The highest BCUT2D eigenvalue weighted by atomic mass is 32.1. The van der Waals surface area contributed by atoms with Crippen molar-refractivity contribution in [1.29, 1.82) is 0 Å². The molecule has 0 amide bonds. The van der Waals surface area contributed by atoms with Crippen molar-refractivity contribution in [2.24, 2.45) is 0 Å². The Morgan fingerprint density at radius 2 is 2.17 bits per heavy atom. The van der Waals surface area contributed by atoms with E-state index in [-0.39, 0.29) is 23.0 Å². The molecule has 18 heavy (non-hydrogen) atoms. The van der Waals surface area contributed by atoms with Gasteiger partial charge in [0.2, 0.25) is 10.7 Å². The minimum Gasteiger partial charge on any atom is -0.497 e. The van der Waals surface area contributed by atoms with Crippen molar-refractivity contribution in [3.8, 4) is 5.75 Å². The highest BCUT2D eigenvalue weighted by Gasteiger charge is 2.09. The first-order valence-electron chi connectivity index (χ1n) is 5.19. The number of methoxy groups -OCH3 is 1. The molecule has 0 bridgehead atoms. The number of nitrogen functional groups attached to an aromatic ring is 1. The number of Topliss-reactive ketones (excluding diaryl/α,β-unsaturated/α-hetero) is 1. The van der Waals surface area contributed by atoms with Gasteiger partial charge in [-0.2, -0.15) is 4.98 Å². The van der Waals surface area contributed by atoms with E-state index in [2.05, 4.69) is 10.1 Å². The summed E-state index contributed by atoms with van der Waals surface area (Å²) in [6.45, 7) is 0.0712. The minimum absolute atomic E-state index is 0.0712. The third kappa shape index (κ3) is 2.57. The number of ketones is 1. The number of rotatable bonds is 4. The molecule has 0 radical (unpaired) electrons. The number of carbonyl (C=O) groups is 1. The Morgan fingerprint density at radius 1 is 1.50 bits per heavy atom. The van der Waals surface area contributed by atoms with Crippen molar-refractivity contribution < 1.29 is 9.53 Å². The summed E-state index contributed by atoms with van der Waals surface area (Å²) < 4.78 is 6.69. The molecular formula is C11H12N4O2S. The molecule has 0 saturated carbocycles. The highest BCUT2D eigenvalue weighted by molar-refractivity contribution is 7.71. The quantitative estimate of drug-likeness (QED) is 0.644. The molecule has 2 aromatic rings. The van der Waals surface area contributed by atoms with Gasteiger partial charge in [-0.25, -0.2) is 4.68 Å². The average molecular weight is 264 g/mol. The first-order chi connectivity index (χ1) is 8.60. The second-order valence-corrected chi connectivity index (χ2v) is 4.01. The largest absolute Gasteiger partial charge is 0.497 e. The van der Waals surface area contributed by atoms with Crippen LogP contribution >= 0.6 is 12.2 Å². The standard InChI is InChI=1S/C11H12N4O2S/c1-17-8-4-2-7(3-5-8)9(16)6-15-10(12)13-11(18)14-15/h2-5H,6H2,1H3,(H3,12,13,14,18). The molecule has 0 aliphatic rings. The van der Waals surface area contributed by atoms with Crippen molar-refractivity contribution in [1.82, 2.24) is 14.8 Å². The third-order valence-electron chi connectivity index (χ3n) is 2.44. The number of anilines is 1. The van der Waals surface area contributed by atoms with E-state index in [1.807, 2.05) is 0 Å². The van der Waals surface area contributed by atoms with E-state index < -0.39 is 0 Å². The molecule has 2 rings (SSSR count). The Morgan fingerprint density at radius 3 is 2.67 bits per heavy atom. The normalized spacial score (nSPS) is 10.3. The van der Waals surface area contributed by atoms with Gasteiger partial charge in [0.15, 0.2) is 5.78 Å². The number of hydrogen-bond acceptors (Lipinski definition) is 5. The fraction of sp³-hybridized carbons (Fsp3) is 0.182. The molecule has 0 fully saturated rings. The minimum atomic E-state index is -0.0898. The number of nitrogens with zero attached hydrogens (tertiary/aromatic N) is 2. The fourth-order valence-electron chi connectivity index (χ4n) is 1.49.